The molecule has 2 aromatic carbocycles. The lowest BCUT2D eigenvalue weighted by Gasteiger charge is -2.09. The van der Waals surface area contributed by atoms with Crippen LogP contribution in [0.4, 0.5) is 4.39 Å². The summed E-state index contributed by atoms with van der Waals surface area (Å²) in [7, 11) is 0. The van der Waals surface area contributed by atoms with Crippen LogP contribution in [0.25, 0.3) is 0 Å². The van der Waals surface area contributed by atoms with Crippen molar-refractivity contribution in [2.45, 2.75) is 6.61 Å². The molecule has 0 aromatic heterocycles. The summed E-state index contributed by atoms with van der Waals surface area (Å²) in [5, 5.41) is 9.01. The van der Waals surface area contributed by atoms with Gasteiger partial charge in [-0.25, -0.2) is 9.18 Å². The second kappa shape index (κ2) is 6.01. The van der Waals surface area contributed by atoms with Gasteiger partial charge in [0.1, 0.15) is 18.2 Å². The monoisotopic (exact) mass is 372 g/mol. The van der Waals surface area contributed by atoms with E-state index in [1.54, 1.807) is 6.07 Å². The standard InChI is InChI=1S/C14H10FIO3/c15-10-5-4-9(13(6-10)14(17)18)8-19-12-3-1-2-11(16)7-12/h1-7H,8H2,(H,17,18). The van der Waals surface area contributed by atoms with Gasteiger partial charge in [0.2, 0.25) is 0 Å². The minimum atomic E-state index is -1.17. The van der Waals surface area contributed by atoms with Crippen LogP contribution >= 0.6 is 22.6 Å². The van der Waals surface area contributed by atoms with Gasteiger partial charge in [-0.05, 0) is 52.9 Å². The van der Waals surface area contributed by atoms with Gasteiger partial charge in [-0.15, -0.1) is 0 Å². The first-order valence-corrected chi connectivity index (χ1v) is 6.54. The molecule has 0 saturated carbocycles. The molecule has 0 saturated heterocycles. The average Bonchev–Trinajstić information content (AvgIpc) is 2.37. The topological polar surface area (TPSA) is 46.5 Å². The molecule has 3 nitrogen and oxygen atoms in total. The van der Waals surface area contributed by atoms with Crippen molar-refractivity contribution in [2.75, 3.05) is 0 Å². The minimum absolute atomic E-state index is 0.0781. The van der Waals surface area contributed by atoms with Gasteiger partial charge in [0.05, 0.1) is 5.56 Å². The normalized spacial score (nSPS) is 10.2. The molecule has 0 unspecified atom stereocenters. The number of carbonyl (C=O) groups is 1. The van der Waals surface area contributed by atoms with Crippen molar-refractivity contribution in [1.29, 1.82) is 0 Å². The molecule has 0 aliphatic carbocycles. The lowest BCUT2D eigenvalue weighted by atomic mass is 10.1. The van der Waals surface area contributed by atoms with Crippen LogP contribution in [-0.2, 0) is 6.61 Å². The molecular weight excluding hydrogens is 362 g/mol. The van der Waals surface area contributed by atoms with Crippen LogP contribution in [0.5, 0.6) is 5.75 Å². The molecule has 0 atom stereocenters. The van der Waals surface area contributed by atoms with Gasteiger partial charge in [0, 0.05) is 9.13 Å². The van der Waals surface area contributed by atoms with E-state index in [0.29, 0.717) is 11.3 Å². The zero-order valence-corrected chi connectivity index (χ0v) is 11.9. The summed E-state index contributed by atoms with van der Waals surface area (Å²) in [6, 6.07) is 11.0. The molecule has 2 rings (SSSR count). The first-order chi connectivity index (χ1) is 9.06. The number of hydrogen-bond donors (Lipinski definition) is 1. The largest absolute Gasteiger partial charge is 0.489 e. The summed E-state index contributed by atoms with van der Waals surface area (Å²) in [4.78, 5) is 11.0. The maximum Gasteiger partial charge on any atom is 0.336 e. The van der Waals surface area contributed by atoms with E-state index in [-0.39, 0.29) is 12.2 Å². The fourth-order valence-corrected chi connectivity index (χ4v) is 2.11. The number of benzene rings is 2. The summed E-state index contributed by atoms with van der Waals surface area (Å²) >= 11 is 2.16. The van der Waals surface area contributed by atoms with E-state index < -0.39 is 11.8 Å². The summed E-state index contributed by atoms with van der Waals surface area (Å²) in [6.45, 7) is 0.0853. The first kappa shape index (κ1) is 13.8. The van der Waals surface area contributed by atoms with E-state index in [1.807, 2.05) is 18.2 Å². The zero-order valence-electron chi connectivity index (χ0n) is 9.77. The highest BCUT2D eigenvalue weighted by molar-refractivity contribution is 14.1. The fourth-order valence-electron chi connectivity index (χ4n) is 1.59. The molecular formula is C14H10FIO3. The Hall–Kier alpha value is -1.63. The van der Waals surface area contributed by atoms with E-state index in [4.69, 9.17) is 9.84 Å². The number of aromatic carboxylic acids is 1. The van der Waals surface area contributed by atoms with Crippen LogP contribution in [0.15, 0.2) is 42.5 Å². The third-order valence-corrected chi connectivity index (χ3v) is 3.16. The Kier molecular flexibility index (Phi) is 4.36. The molecule has 0 aliphatic heterocycles. The quantitative estimate of drug-likeness (QED) is 0.833. The molecule has 0 radical (unpaired) electrons. The summed E-state index contributed by atoms with van der Waals surface area (Å²) < 4.78 is 19.6. The Balaban J connectivity index is 2.17. The number of hydrogen-bond acceptors (Lipinski definition) is 2. The third-order valence-electron chi connectivity index (χ3n) is 2.49. The van der Waals surface area contributed by atoms with E-state index in [9.17, 15) is 9.18 Å². The summed E-state index contributed by atoms with van der Waals surface area (Å²) in [5.74, 6) is -1.09. The van der Waals surface area contributed by atoms with Gasteiger partial charge in [0.25, 0.3) is 0 Å². The van der Waals surface area contributed by atoms with Crippen molar-refractivity contribution in [2.24, 2.45) is 0 Å². The van der Waals surface area contributed by atoms with Crippen molar-refractivity contribution in [1.82, 2.24) is 0 Å². The Morgan fingerprint density at radius 1 is 1.26 bits per heavy atom. The molecule has 5 heteroatoms. The second-order valence-electron chi connectivity index (χ2n) is 3.85. The maximum atomic E-state index is 13.0. The van der Waals surface area contributed by atoms with E-state index in [2.05, 4.69) is 22.6 Å². The molecule has 0 aliphatic rings. The third kappa shape index (κ3) is 3.66. The lowest BCUT2D eigenvalue weighted by molar-refractivity contribution is 0.0693. The number of carboxylic acids is 1. The van der Waals surface area contributed by atoms with Gasteiger partial charge < -0.3 is 9.84 Å². The molecule has 0 heterocycles. The number of rotatable bonds is 4. The highest BCUT2D eigenvalue weighted by Gasteiger charge is 2.11. The Morgan fingerprint density at radius 2 is 2.05 bits per heavy atom. The lowest BCUT2D eigenvalue weighted by Crippen LogP contribution is -2.06. The second-order valence-corrected chi connectivity index (χ2v) is 5.10. The highest BCUT2D eigenvalue weighted by Crippen LogP contribution is 2.18. The van der Waals surface area contributed by atoms with Gasteiger partial charge in [-0.2, -0.15) is 0 Å². The molecule has 0 fully saturated rings. The summed E-state index contributed by atoms with van der Waals surface area (Å²) in [5.41, 5.74) is 0.360. The molecule has 19 heavy (non-hydrogen) atoms. The Morgan fingerprint density at radius 3 is 2.74 bits per heavy atom. The molecule has 0 bridgehead atoms. The van der Waals surface area contributed by atoms with E-state index in [0.717, 1.165) is 9.64 Å². The molecule has 0 amide bonds. The fraction of sp³-hybridized carbons (Fsp3) is 0.0714. The van der Waals surface area contributed by atoms with Crippen molar-refractivity contribution >= 4 is 28.6 Å². The number of halogens is 2. The predicted molar refractivity (Wildman–Crippen MR) is 76.9 cm³/mol. The molecule has 1 N–H and O–H groups in total. The first-order valence-electron chi connectivity index (χ1n) is 5.46. The van der Waals surface area contributed by atoms with Crippen LogP contribution in [0.3, 0.4) is 0 Å². The minimum Gasteiger partial charge on any atom is -0.489 e. The van der Waals surface area contributed by atoms with E-state index in [1.165, 1.54) is 12.1 Å². The van der Waals surface area contributed by atoms with Crippen molar-refractivity contribution < 1.29 is 19.0 Å². The zero-order chi connectivity index (χ0) is 13.8. The highest BCUT2D eigenvalue weighted by atomic mass is 127. The van der Waals surface area contributed by atoms with Crippen molar-refractivity contribution in [3.63, 3.8) is 0 Å². The van der Waals surface area contributed by atoms with Gasteiger partial charge >= 0.3 is 5.97 Å². The van der Waals surface area contributed by atoms with E-state index >= 15 is 0 Å². The predicted octanol–water partition coefficient (Wildman–Crippen LogP) is 3.71. The Bertz CT molecular complexity index is 613. The van der Waals surface area contributed by atoms with Crippen molar-refractivity contribution in [3.8, 4) is 5.75 Å². The van der Waals surface area contributed by atoms with Crippen LogP contribution < -0.4 is 4.74 Å². The van der Waals surface area contributed by atoms with Crippen LogP contribution in [-0.4, -0.2) is 11.1 Å². The number of carboxylic acid groups (broad SMARTS) is 1. The smallest absolute Gasteiger partial charge is 0.336 e. The molecule has 98 valence electrons. The molecule has 0 spiro atoms. The SMILES string of the molecule is O=C(O)c1cc(F)ccc1COc1cccc(I)c1. The van der Waals surface area contributed by atoms with Crippen LogP contribution in [0.2, 0.25) is 0 Å². The maximum absolute atomic E-state index is 13.0. The van der Waals surface area contributed by atoms with Crippen LogP contribution in [0, 0.1) is 9.39 Å². The average molecular weight is 372 g/mol. The Labute approximate surface area is 123 Å². The van der Waals surface area contributed by atoms with Crippen molar-refractivity contribution in [3.05, 3.63) is 63.0 Å². The van der Waals surface area contributed by atoms with Gasteiger partial charge in [0.15, 0.2) is 0 Å². The summed E-state index contributed by atoms with van der Waals surface area (Å²) in [6.07, 6.45) is 0. The van der Waals surface area contributed by atoms with Gasteiger partial charge in [-0.3, -0.25) is 0 Å². The van der Waals surface area contributed by atoms with Crippen LogP contribution in [0.1, 0.15) is 15.9 Å². The number of ether oxygens (including phenoxy) is 1. The van der Waals surface area contributed by atoms with Gasteiger partial charge in [-0.1, -0.05) is 12.1 Å². The molecule has 2 aromatic rings.